The van der Waals surface area contributed by atoms with Crippen molar-refractivity contribution in [3.63, 3.8) is 0 Å². The summed E-state index contributed by atoms with van der Waals surface area (Å²) in [5.74, 6) is -1.43. The second-order valence-corrected chi connectivity index (χ2v) is 4.45. The number of ether oxygens (including phenoxy) is 1. The van der Waals surface area contributed by atoms with E-state index in [1.54, 1.807) is 25.1 Å². The fraction of sp³-hybridized carbons (Fsp3) is 0.125. The highest BCUT2D eigenvalue weighted by molar-refractivity contribution is 5.96. The molecule has 0 aliphatic rings. The zero-order valence-electron chi connectivity index (χ0n) is 11.4. The highest BCUT2D eigenvalue weighted by Gasteiger charge is 2.12. The number of benzene rings is 2. The van der Waals surface area contributed by atoms with Gasteiger partial charge in [-0.3, -0.25) is 4.79 Å². The highest BCUT2D eigenvalue weighted by atomic mass is 19.1. The smallest absolute Gasteiger partial charge is 0.338 e. The number of rotatable bonds is 4. The van der Waals surface area contributed by atoms with Crippen molar-refractivity contribution in [2.24, 2.45) is 0 Å². The molecular weight excluding hydrogens is 273 g/mol. The molecular formula is C16H14FNO3. The fourth-order valence-corrected chi connectivity index (χ4v) is 1.74. The number of hydrogen-bond donors (Lipinski definition) is 1. The number of halogens is 1. The van der Waals surface area contributed by atoms with E-state index in [2.05, 4.69) is 5.32 Å². The van der Waals surface area contributed by atoms with Crippen LogP contribution in [0.3, 0.4) is 0 Å². The molecule has 2 aromatic rings. The average Bonchev–Trinajstić information content (AvgIpc) is 2.48. The first-order valence-electron chi connectivity index (χ1n) is 6.34. The van der Waals surface area contributed by atoms with Crippen LogP contribution in [0.4, 0.5) is 10.1 Å². The third-order valence-electron chi connectivity index (χ3n) is 2.83. The molecule has 1 N–H and O–H groups in total. The van der Waals surface area contributed by atoms with E-state index in [9.17, 15) is 14.0 Å². The summed E-state index contributed by atoms with van der Waals surface area (Å²) in [6.45, 7) is 1.39. The summed E-state index contributed by atoms with van der Waals surface area (Å²) < 4.78 is 17.7. The molecule has 0 bridgehead atoms. The number of nitrogens with one attached hydrogen (secondary N) is 1. The van der Waals surface area contributed by atoms with E-state index in [0.717, 1.165) is 5.56 Å². The third kappa shape index (κ3) is 4.14. The Bertz CT molecular complexity index is 653. The predicted molar refractivity (Wildman–Crippen MR) is 76.5 cm³/mol. The second kappa shape index (κ2) is 6.65. The van der Waals surface area contributed by atoms with Crippen LogP contribution >= 0.6 is 0 Å². The molecule has 0 fully saturated rings. The van der Waals surface area contributed by atoms with E-state index in [4.69, 9.17) is 4.74 Å². The Hall–Kier alpha value is -2.69. The zero-order chi connectivity index (χ0) is 15.2. The van der Waals surface area contributed by atoms with Gasteiger partial charge in [-0.1, -0.05) is 18.2 Å². The van der Waals surface area contributed by atoms with Crippen LogP contribution in [0, 0.1) is 12.7 Å². The maximum Gasteiger partial charge on any atom is 0.338 e. The van der Waals surface area contributed by atoms with Crippen LogP contribution in [0.25, 0.3) is 0 Å². The van der Waals surface area contributed by atoms with Crippen molar-refractivity contribution in [1.82, 2.24) is 0 Å². The molecule has 0 atom stereocenters. The topological polar surface area (TPSA) is 55.4 Å². The van der Waals surface area contributed by atoms with Gasteiger partial charge in [-0.05, 0) is 42.8 Å². The van der Waals surface area contributed by atoms with Gasteiger partial charge in [-0.2, -0.15) is 0 Å². The normalized spacial score (nSPS) is 10.0. The molecule has 0 aliphatic carbocycles. The highest BCUT2D eigenvalue weighted by Crippen LogP contribution is 2.10. The number of amides is 1. The molecule has 2 rings (SSSR count). The number of anilines is 1. The lowest BCUT2D eigenvalue weighted by Crippen LogP contribution is -2.21. The summed E-state index contributed by atoms with van der Waals surface area (Å²) in [5, 5.41) is 2.51. The Balaban J connectivity index is 1.88. The minimum absolute atomic E-state index is 0.390. The standard InChI is InChI=1S/C16H14FNO3/c1-11-4-2-3-5-14(11)16(20)21-10-15(19)18-13-8-6-12(17)7-9-13/h2-9H,10H2,1H3,(H,18,19). The molecule has 0 saturated carbocycles. The minimum Gasteiger partial charge on any atom is -0.452 e. The first-order chi connectivity index (χ1) is 10.1. The summed E-state index contributed by atoms with van der Waals surface area (Å²) in [5.41, 5.74) is 1.64. The maximum atomic E-state index is 12.7. The first kappa shape index (κ1) is 14.7. The Kier molecular flexibility index (Phi) is 4.66. The van der Waals surface area contributed by atoms with E-state index in [1.807, 2.05) is 6.07 Å². The Morgan fingerprint density at radius 3 is 2.43 bits per heavy atom. The van der Waals surface area contributed by atoms with E-state index in [1.165, 1.54) is 24.3 Å². The number of aryl methyl sites for hydroxylation is 1. The van der Waals surface area contributed by atoms with Gasteiger partial charge in [0.25, 0.3) is 5.91 Å². The quantitative estimate of drug-likeness (QED) is 0.880. The number of carbonyl (C=O) groups excluding carboxylic acids is 2. The number of carbonyl (C=O) groups is 2. The molecule has 4 nitrogen and oxygen atoms in total. The SMILES string of the molecule is Cc1ccccc1C(=O)OCC(=O)Nc1ccc(F)cc1. The van der Waals surface area contributed by atoms with Gasteiger partial charge >= 0.3 is 5.97 Å². The molecule has 1 amide bonds. The van der Waals surface area contributed by atoms with Crippen molar-refractivity contribution in [3.05, 3.63) is 65.5 Å². The van der Waals surface area contributed by atoms with Gasteiger partial charge in [-0.25, -0.2) is 9.18 Å². The lowest BCUT2D eigenvalue weighted by molar-refractivity contribution is -0.119. The van der Waals surface area contributed by atoms with Gasteiger partial charge in [-0.15, -0.1) is 0 Å². The van der Waals surface area contributed by atoms with Crippen LogP contribution in [0.2, 0.25) is 0 Å². The van der Waals surface area contributed by atoms with E-state index >= 15 is 0 Å². The third-order valence-corrected chi connectivity index (χ3v) is 2.83. The van der Waals surface area contributed by atoms with Crippen molar-refractivity contribution in [2.45, 2.75) is 6.92 Å². The molecule has 21 heavy (non-hydrogen) atoms. The maximum absolute atomic E-state index is 12.7. The number of esters is 1. The summed E-state index contributed by atoms with van der Waals surface area (Å²) in [6.07, 6.45) is 0. The molecule has 0 radical (unpaired) electrons. The predicted octanol–water partition coefficient (Wildman–Crippen LogP) is 2.93. The zero-order valence-corrected chi connectivity index (χ0v) is 11.4. The Labute approximate surface area is 121 Å². The van der Waals surface area contributed by atoms with Gasteiger partial charge in [0.1, 0.15) is 5.82 Å². The lowest BCUT2D eigenvalue weighted by Gasteiger charge is -2.08. The molecule has 0 unspecified atom stereocenters. The number of hydrogen-bond acceptors (Lipinski definition) is 3. The Morgan fingerprint density at radius 2 is 1.76 bits per heavy atom. The molecule has 0 saturated heterocycles. The van der Waals surface area contributed by atoms with Crippen molar-refractivity contribution < 1.29 is 18.7 Å². The summed E-state index contributed by atoms with van der Waals surface area (Å²) in [4.78, 5) is 23.5. The molecule has 0 heterocycles. The molecule has 0 spiro atoms. The molecule has 0 aliphatic heterocycles. The summed E-state index contributed by atoms with van der Waals surface area (Å²) in [6, 6.07) is 12.3. The lowest BCUT2D eigenvalue weighted by atomic mass is 10.1. The molecule has 5 heteroatoms. The van der Waals surface area contributed by atoms with Crippen LogP contribution in [0.1, 0.15) is 15.9 Å². The van der Waals surface area contributed by atoms with Gasteiger partial charge in [0.2, 0.25) is 0 Å². The second-order valence-electron chi connectivity index (χ2n) is 4.45. The molecule has 0 aromatic heterocycles. The monoisotopic (exact) mass is 287 g/mol. The van der Waals surface area contributed by atoms with Crippen LogP contribution in [0.5, 0.6) is 0 Å². The van der Waals surface area contributed by atoms with Crippen molar-refractivity contribution in [2.75, 3.05) is 11.9 Å². The van der Waals surface area contributed by atoms with Crippen LogP contribution < -0.4 is 5.32 Å². The Morgan fingerprint density at radius 1 is 1.10 bits per heavy atom. The average molecular weight is 287 g/mol. The summed E-state index contributed by atoms with van der Waals surface area (Å²) >= 11 is 0. The van der Waals surface area contributed by atoms with Crippen LogP contribution in [-0.2, 0) is 9.53 Å². The minimum atomic E-state index is -0.553. The van der Waals surface area contributed by atoms with Crippen LogP contribution in [-0.4, -0.2) is 18.5 Å². The van der Waals surface area contributed by atoms with E-state index in [0.29, 0.717) is 11.3 Å². The summed E-state index contributed by atoms with van der Waals surface area (Å²) in [7, 11) is 0. The van der Waals surface area contributed by atoms with Crippen LogP contribution in [0.15, 0.2) is 48.5 Å². The van der Waals surface area contributed by atoms with Gasteiger partial charge in [0, 0.05) is 5.69 Å². The van der Waals surface area contributed by atoms with Crippen molar-refractivity contribution in [3.8, 4) is 0 Å². The van der Waals surface area contributed by atoms with E-state index in [-0.39, 0.29) is 5.82 Å². The van der Waals surface area contributed by atoms with Gasteiger partial charge in [0.05, 0.1) is 5.56 Å². The van der Waals surface area contributed by atoms with Crippen molar-refractivity contribution in [1.29, 1.82) is 0 Å². The molecule has 108 valence electrons. The molecule has 2 aromatic carbocycles. The van der Waals surface area contributed by atoms with Gasteiger partial charge < -0.3 is 10.1 Å². The van der Waals surface area contributed by atoms with Crippen molar-refractivity contribution >= 4 is 17.6 Å². The van der Waals surface area contributed by atoms with Gasteiger partial charge in [0.15, 0.2) is 6.61 Å². The van der Waals surface area contributed by atoms with E-state index < -0.39 is 18.5 Å². The fourth-order valence-electron chi connectivity index (χ4n) is 1.74. The largest absolute Gasteiger partial charge is 0.452 e. The first-order valence-corrected chi connectivity index (χ1v) is 6.34.